The van der Waals surface area contributed by atoms with Gasteiger partial charge in [-0.1, -0.05) is 0 Å². The van der Waals surface area contributed by atoms with E-state index in [2.05, 4.69) is 19.9 Å². The molecule has 2 aromatic rings. The molecule has 0 aliphatic heterocycles. The highest BCUT2D eigenvalue weighted by atomic mass is 16.1. The molecular formula is C9H8N4O. The van der Waals surface area contributed by atoms with Gasteiger partial charge < -0.3 is 4.98 Å². The van der Waals surface area contributed by atoms with Crippen molar-refractivity contribution in [2.75, 3.05) is 0 Å². The zero-order chi connectivity index (χ0) is 9.97. The number of aromatic amines is 1. The Bertz CT molecular complexity index is 449. The number of carbonyl (C=O) groups is 1. The van der Waals surface area contributed by atoms with Gasteiger partial charge in [0.05, 0.1) is 6.20 Å². The standard InChI is InChI=1S/C9H8N4O/c1-6-8(5-14)13-9(12-6)7-4-10-2-3-11-7/h2-5H,1H3,(H,12,13). The lowest BCUT2D eigenvalue weighted by molar-refractivity contribution is 0.111. The van der Waals surface area contributed by atoms with Crippen molar-refractivity contribution in [1.82, 2.24) is 19.9 Å². The monoisotopic (exact) mass is 188 g/mol. The third-order valence-electron chi connectivity index (χ3n) is 1.84. The average molecular weight is 188 g/mol. The highest BCUT2D eigenvalue weighted by molar-refractivity contribution is 5.75. The molecule has 0 unspecified atom stereocenters. The first-order chi connectivity index (χ1) is 6.81. The molecule has 2 aromatic heterocycles. The number of aryl methyl sites for hydroxylation is 1. The Morgan fingerprint density at radius 2 is 2.29 bits per heavy atom. The minimum absolute atomic E-state index is 0.408. The van der Waals surface area contributed by atoms with Crippen molar-refractivity contribution in [2.45, 2.75) is 6.92 Å². The Morgan fingerprint density at radius 1 is 1.43 bits per heavy atom. The molecule has 0 spiro atoms. The quantitative estimate of drug-likeness (QED) is 0.713. The molecule has 2 heterocycles. The fourth-order valence-corrected chi connectivity index (χ4v) is 1.13. The molecule has 1 N–H and O–H groups in total. The van der Waals surface area contributed by atoms with E-state index in [0.717, 1.165) is 5.69 Å². The highest BCUT2D eigenvalue weighted by Crippen LogP contribution is 2.12. The Kier molecular flexibility index (Phi) is 2.06. The van der Waals surface area contributed by atoms with Gasteiger partial charge in [-0.25, -0.2) is 9.97 Å². The number of carbonyl (C=O) groups excluding carboxylic acids is 1. The third kappa shape index (κ3) is 1.39. The lowest BCUT2D eigenvalue weighted by Crippen LogP contribution is -1.86. The van der Waals surface area contributed by atoms with Crippen LogP contribution in [0.15, 0.2) is 18.6 Å². The molecule has 0 amide bonds. The molecule has 0 aliphatic carbocycles. The SMILES string of the molecule is Cc1[nH]c(-c2cnccn2)nc1C=O. The van der Waals surface area contributed by atoms with E-state index < -0.39 is 0 Å². The van der Waals surface area contributed by atoms with Gasteiger partial charge in [-0.15, -0.1) is 0 Å². The van der Waals surface area contributed by atoms with Crippen molar-refractivity contribution in [3.63, 3.8) is 0 Å². The van der Waals surface area contributed by atoms with Crippen LogP contribution >= 0.6 is 0 Å². The number of nitrogens with one attached hydrogen (secondary N) is 1. The number of hydrogen-bond acceptors (Lipinski definition) is 4. The van der Waals surface area contributed by atoms with Gasteiger partial charge in [0.25, 0.3) is 0 Å². The number of aromatic nitrogens is 4. The predicted molar refractivity (Wildman–Crippen MR) is 49.7 cm³/mol. The molecule has 5 heteroatoms. The Hall–Kier alpha value is -2.04. The van der Waals surface area contributed by atoms with Crippen LogP contribution in [0.25, 0.3) is 11.5 Å². The van der Waals surface area contributed by atoms with Crippen LogP contribution in [0.4, 0.5) is 0 Å². The minimum atomic E-state index is 0.408. The summed E-state index contributed by atoms with van der Waals surface area (Å²) < 4.78 is 0. The molecule has 0 aromatic carbocycles. The molecule has 0 fully saturated rings. The zero-order valence-electron chi connectivity index (χ0n) is 7.56. The molecule has 70 valence electrons. The van der Waals surface area contributed by atoms with Gasteiger partial charge in [0.2, 0.25) is 0 Å². The van der Waals surface area contributed by atoms with Gasteiger partial charge in [0.15, 0.2) is 12.1 Å². The molecule has 0 radical (unpaired) electrons. The van der Waals surface area contributed by atoms with E-state index in [1.807, 2.05) is 0 Å². The molecule has 14 heavy (non-hydrogen) atoms. The summed E-state index contributed by atoms with van der Waals surface area (Å²) in [6.07, 6.45) is 5.46. The first-order valence-electron chi connectivity index (χ1n) is 4.09. The van der Waals surface area contributed by atoms with Crippen molar-refractivity contribution >= 4 is 6.29 Å². The van der Waals surface area contributed by atoms with E-state index in [1.165, 1.54) is 0 Å². The van der Waals surface area contributed by atoms with E-state index in [9.17, 15) is 4.79 Å². The van der Waals surface area contributed by atoms with E-state index in [4.69, 9.17) is 0 Å². The van der Waals surface area contributed by atoms with E-state index in [-0.39, 0.29) is 0 Å². The number of aldehydes is 1. The summed E-state index contributed by atoms with van der Waals surface area (Å²) in [6, 6.07) is 0. The van der Waals surface area contributed by atoms with Crippen LogP contribution in [0.5, 0.6) is 0 Å². The fraction of sp³-hybridized carbons (Fsp3) is 0.111. The van der Waals surface area contributed by atoms with Crippen LogP contribution in [0.1, 0.15) is 16.2 Å². The Morgan fingerprint density at radius 3 is 2.86 bits per heavy atom. The van der Waals surface area contributed by atoms with Crippen molar-refractivity contribution < 1.29 is 4.79 Å². The molecule has 0 bridgehead atoms. The van der Waals surface area contributed by atoms with Gasteiger partial charge in [-0.05, 0) is 6.92 Å². The maximum Gasteiger partial charge on any atom is 0.170 e. The normalized spacial score (nSPS) is 10.1. The second-order valence-electron chi connectivity index (χ2n) is 2.80. The van der Waals surface area contributed by atoms with Gasteiger partial charge >= 0.3 is 0 Å². The summed E-state index contributed by atoms with van der Waals surface area (Å²) in [5, 5.41) is 0. The van der Waals surface area contributed by atoms with Crippen molar-refractivity contribution in [3.05, 3.63) is 30.0 Å². The minimum Gasteiger partial charge on any atom is -0.340 e. The first-order valence-corrected chi connectivity index (χ1v) is 4.09. The summed E-state index contributed by atoms with van der Waals surface area (Å²) in [5.41, 5.74) is 1.77. The van der Waals surface area contributed by atoms with Crippen molar-refractivity contribution in [2.24, 2.45) is 0 Å². The van der Waals surface area contributed by atoms with Crippen LogP contribution in [0, 0.1) is 6.92 Å². The number of nitrogens with zero attached hydrogens (tertiary/aromatic N) is 3. The first kappa shape index (κ1) is 8.55. The molecule has 0 atom stereocenters. The van der Waals surface area contributed by atoms with Crippen LogP contribution < -0.4 is 0 Å². The summed E-state index contributed by atoms with van der Waals surface area (Å²) >= 11 is 0. The van der Waals surface area contributed by atoms with Gasteiger partial charge in [0, 0.05) is 18.1 Å². The lowest BCUT2D eigenvalue weighted by atomic mass is 10.4. The van der Waals surface area contributed by atoms with Gasteiger partial charge in [-0.2, -0.15) is 0 Å². The number of imidazole rings is 1. The molecular weight excluding hydrogens is 180 g/mol. The summed E-state index contributed by atoms with van der Waals surface area (Å²) in [5.74, 6) is 0.567. The van der Waals surface area contributed by atoms with E-state index in [0.29, 0.717) is 23.5 Å². The largest absolute Gasteiger partial charge is 0.340 e. The molecule has 0 aliphatic rings. The smallest absolute Gasteiger partial charge is 0.170 e. The van der Waals surface area contributed by atoms with Crippen LogP contribution in [0.3, 0.4) is 0 Å². The molecule has 5 nitrogen and oxygen atoms in total. The molecule has 2 rings (SSSR count). The van der Waals surface area contributed by atoms with Gasteiger partial charge in [-0.3, -0.25) is 9.78 Å². The van der Waals surface area contributed by atoms with E-state index in [1.54, 1.807) is 25.5 Å². The van der Waals surface area contributed by atoms with Crippen molar-refractivity contribution in [3.8, 4) is 11.5 Å². The van der Waals surface area contributed by atoms with Crippen LogP contribution in [0.2, 0.25) is 0 Å². The van der Waals surface area contributed by atoms with Gasteiger partial charge in [0.1, 0.15) is 11.4 Å². The Labute approximate surface area is 80.2 Å². The summed E-state index contributed by atoms with van der Waals surface area (Å²) in [6.45, 7) is 1.79. The van der Waals surface area contributed by atoms with Crippen molar-refractivity contribution in [1.29, 1.82) is 0 Å². The number of hydrogen-bond donors (Lipinski definition) is 1. The van der Waals surface area contributed by atoms with Crippen LogP contribution in [-0.4, -0.2) is 26.2 Å². The highest BCUT2D eigenvalue weighted by Gasteiger charge is 2.07. The second kappa shape index (κ2) is 3.37. The zero-order valence-corrected chi connectivity index (χ0v) is 7.56. The maximum atomic E-state index is 10.6. The molecule has 0 saturated heterocycles. The summed E-state index contributed by atoms with van der Waals surface area (Å²) in [4.78, 5) is 25.6. The van der Waals surface area contributed by atoms with Crippen LogP contribution in [-0.2, 0) is 0 Å². The predicted octanol–water partition coefficient (Wildman–Crippen LogP) is 0.988. The number of H-pyrrole nitrogens is 1. The topological polar surface area (TPSA) is 71.5 Å². The Balaban J connectivity index is 2.48. The fourth-order valence-electron chi connectivity index (χ4n) is 1.13. The van der Waals surface area contributed by atoms with E-state index >= 15 is 0 Å². The average Bonchev–Trinajstić information content (AvgIpc) is 2.61. The lowest BCUT2D eigenvalue weighted by Gasteiger charge is -1.91. The maximum absolute atomic E-state index is 10.6. The second-order valence-corrected chi connectivity index (χ2v) is 2.80. The number of rotatable bonds is 2. The molecule has 0 saturated carbocycles. The third-order valence-corrected chi connectivity index (χ3v) is 1.84. The summed E-state index contributed by atoms with van der Waals surface area (Å²) in [7, 11) is 0.